The van der Waals surface area contributed by atoms with Crippen molar-refractivity contribution >= 4 is 11.3 Å². The maximum Gasteiger partial charge on any atom is 0.200 e. The van der Waals surface area contributed by atoms with Crippen molar-refractivity contribution in [3.05, 3.63) is 65.5 Å². The van der Waals surface area contributed by atoms with Crippen molar-refractivity contribution in [1.29, 1.82) is 0 Å². The van der Waals surface area contributed by atoms with Gasteiger partial charge in [-0.2, -0.15) is 5.10 Å². The van der Waals surface area contributed by atoms with Gasteiger partial charge in [0.05, 0.1) is 30.0 Å². The second kappa shape index (κ2) is 4.81. The Morgan fingerprint density at radius 3 is 2.85 bits per heavy atom. The summed E-state index contributed by atoms with van der Waals surface area (Å²) >= 11 is 0. The van der Waals surface area contributed by atoms with Crippen molar-refractivity contribution < 1.29 is 9.53 Å². The SMILES string of the molecule is COc1ccc(C)cc1C(=O)c1cnn2ccccc12. The molecule has 4 heteroatoms. The number of nitrogens with zero attached hydrogens (tertiary/aromatic N) is 2. The molecule has 20 heavy (non-hydrogen) atoms. The van der Waals surface area contributed by atoms with Gasteiger partial charge in [0.2, 0.25) is 5.78 Å². The second-order valence-electron chi connectivity index (χ2n) is 4.62. The molecule has 0 saturated carbocycles. The van der Waals surface area contributed by atoms with Crippen LogP contribution in [0.4, 0.5) is 0 Å². The van der Waals surface area contributed by atoms with Gasteiger partial charge in [0.25, 0.3) is 0 Å². The molecule has 3 aromatic rings. The molecule has 3 rings (SSSR count). The lowest BCUT2D eigenvalue weighted by molar-refractivity contribution is 0.103. The van der Waals surface area contributed by atoms with E-state index < -0.39 is 0 Å². The van der Waals surface area contributed by atoms with Gasteiger partial charge in [-0.25, -0.2) is 4.52 Å². The van der Waals surface area contributed by atoms with E-state index in [9.17, 15) is 4.79 Å². The molecule has 0 aliphatic rings. The number of ketones is 1. The van der Waals surface area contributed by atoms with Crippen LogP contribution in [0, 0.1) is 6.92 Å². The maximum absolute atomic E-state index is 12.7. The summed E-state index contributed by atoms with van der Waals surface area (Å²) in [5, 5.41) is 4.20. The number of carbonyl (C=O) groups is 1. The zero-order valence-corrected chi connectivity index (χ0v) is 11.3. The first-order valence-corrected chi connectivity index (χ1v) is 6.32. The highest BCUT2D eigenvalue weighted by Crippen LogP contribution is 2.24. The molecule has 0 bridgehead atoms. The largest absolute Gasteiger partial charge is 0.496 e. The number of pyridine rings is 1. The molecule has 0 amide bonds. The van der Waals surface area contributed by atoms with E-state index in [1.165, 1.54) is 0 Å². The lowest BCUT2D eigenvalue weighted by Gasteiger charge is -2.08. The van der Waals surface area contributed by atoms with E-state index in [1.54, 1.807) is 17.8 Å². The molecule has 2 heterocycles. The quantitative estimate of drug-likeness (QED) is 0.685. The molecule has 1 aromatic carbocycles. The van der Waals surface area contributed by atoms with Gasteiger partial charge < -0.3 is 4.74 Å². The van der Waals surface area contributed by atoms with Crippen LogP contribution in [0.25, 0.3) is 5.52 Å². The molecule has 0 atom stereocenters. The van der Waals surface area contributed by atoms with E-state index in [0.717, 1.165) is 11.1 Å². The Morgan fingerprint density at radius 1 is 1.20 bits per heavy atom. The summed E-state index contributed by atoms with van der Waals surface area (Å²) in [4.78, 5) is 12.7. The fourth-order valence-electron chi connectivity index (χ4n) is 2.25. The Bertz CT molecular complexity index is 790. The lowest BCUT2D eigenvalue weighted by Crippen LogP contribution is -2.04. The first-order valence-electron chi connectivity index (χ1n) is 6.32. The van der Waals surface area contributed by atoms with Crippen LogP contribution in [0.5, 0.6) is 5.75 Å². The van der Waals surface area contributed by atoms with Gasteiger partial charge in [-0.05, 0) is 31.2 Å². The second-order valence-corrected chi connectivity index (χ2v) is 4.62. The Labute approximate surface area is 116 Å². The summed E-state index contributed by atoms with van der Waals surface area (Å²) in [5.74, 6) is 0.502. The molecule has 0 radical (unpaired) electrons. The highest BCUT2D eigenvalue weighted by atomic mass is 16.5. The maximum atomic E-state index is 12.7. The molecule has 0 aliphatic heterocycles. The number of aromatic nitrogens is 2. The minimum atomic E-state index is -0.0771. The van der Waals surface area contributed by atoms with E-state index in [4.69, 9.17) is 4.74 Å². The first-order chi connectivity index (χ1) is 9.70. The van der Waals surface area contributed by atoms with Gasteiger partial charge in [0, 0.05) is 6.20 Å². The van der Waals surface area contributed by atoms with Crippen molar-refractivity contribution in [3.63, 3.8) is 0 Å². The summed E-state index contributed by atoms with van der Waals surface area (Å²) in [7, 11) is 1.57. The predicted molar refractivity (Wildman–Crippen MR) is 76.4 cm³/mol. The fraction of sp³-hybridized carbons (Fsp3) is 0.125. The number of methoxy groups -OCH3 is 1. The number of hydrogen-bond acceptors (Lipinski definition) is 3. The summed E-state index contributed by atoms with van der Waals surface area (Å²) in [5.41, 5.74) is 2.95. The number of benzene rings is 1. The van der Waals surface area contributed by atoms with Crippen LogP contribution in [-0.4, -0.2) is 22.5 Å². The minimum absolute atomic E-state index is 0.0771. The van der Waals surface area contributed by atoms with Crippen LogP contribution < -0.4 is 4.74 Å². The highest BCUT2D eigenvalue weighted by molar-refractivity contribution is 6.14. The number of carbonyl (C=O) groups excluding carboxylic acids is 1. The average Bonchev–Trinajstić information content (AvgIpc) is 2.90. The molecule has 100 valence electrons. The molecular formula is C16H14N2O2. The zero-order chi connectivity index (χ0) is 14.1. The van der Waals surface area contributed by atoms with E-state index in [0.29, 0.717) is 16.9 Å². The molecule has 0 spiro atoms. The van der Waals surface area contributed by atoms with Crippen LogP contribution in [0.1, 0.15) is 21.5 Å². The summed E-state index contributed by atoms with van der Waals surface area (Å²) in [6.07, 6.45) is 3.42. The van der Waals surface area contributed by atoms with Crippen molar-refractivity contribution in [2.24, 2.45) is 0 Å². The van der Waals surface area contributed by atoms with Crippen molar-refractivity contribution in [2.45, 2.75) is 6.92 Å². The van der Waals surface area contributed by atoms with Crippen LogP contribution >= 0.6 is 0 Å². The molecule has 0 saturated heterocycles. The van der Waals surface area contributed by atoms with Crippen molar-refractivity contribution in [2.75, 3.05) is 7.11 Å². The highest BCUT2D eigenvalue weighted by Gasteiger charge is 2.18. The third kappa shape index (κ3) is 1.95. The van der Waals surface area contributed by atoms with Crippen molar-refractivity contribution in [1.82, 2.24) is 9.61 Å². The van der Waals surface area contributed by atoms with Gasteiger partial charge in [-0.1, -0.05) is 17.7 Å². The standard InChI is InChI=1S/C16H14N2O2/c1-11-6-7-15(20-2)12(9-11)16(19)13-10-17-18-8-4-3-5-14(13)18/h3-10H,1-2H3. The average molecular weight is 266 g/mol. The number of hydrogen-bond donors (Lipinski definition) is 0. The van der Waals surface area contributed by atoms with E-state index in [-0.39, 0.29) is 5.78 Å². The van der Waals surface area contributed by atoms with Gasteiger partial charge in [-0.3, -0.25) is 4.79 Å². The van der Waals surface area contributed by atoms with Gasteiger partial charge in [0.1, 0.15) is 5.75 Å². The topological polar surface area (TPSA) is 43.6 Å². The van der Waals surface area contributed by atoms with Gasteiger partial charge >= 0.3 is 0 Å². The molecule has 2 aromatic heterocycles. The minimum Gasteiger partial charge on any atom is -0.496 e. The number of rotatable bonds is 3. The van der Waals surface area contributed by atoms with E-state index in [1.807, 2.05) is 49.5 Å². The van der Waals surface area contributed by atoms with E-state index in [2.05, 4.69) is 5.10 Å². The molecule has 4 nitrogen and oxygen atoms in total. The van der Waals surface area contributed by atoms with Crippen LogP contribution in [0.2, 0.25) is 0 Å². The molecule has 0 fully saturated rings. The summed E-state index contributed by atoms with van der Waals surface area (Å²) in [6, 6.07) is 11.2. The third-order valence-corrected chi connectivity index (χ3v) is 3.27. The van der Waals surface area contributed by atoms with Crippen molar-refractivity contribution in [3.8, 4) is 5.75 Å². The monoisotopic (exact) mass is 266 g/mol. The zero-order valence-electron chi connectivity index (χ0n) is 11.3. The fourth-order valence-corrected chi connectivity index (χ4v) is 2.25. The Hall–Kier alpha value is -2.62. The number of aryl methyl sites for hydroxylation is 1. The number of fused-ring (bicyclic) bond motifs is 1. The first kappa shape index (κ1) is 12.4. The van der Waals surface area contributed by atoms with Gasteiger partial charge in [0.15, 0.2) is 0 Å². The van der Waals surface area contributed by atoms with E-state index >= 15 is 0 Å². The molecule has 0 unspecified atom stereocenters. The molecule has 0 aliphatic carbocycles. The Morgan fingerprint density at radius 2 is 2.05 bits per heavy atom. The summed E-state index contributed by atoms with van der Waals surface area (Å²) in [6.45, 7) is 1.95. The Kier molecular flexibility index (Phi) is 2.99. The molecule has 0 N–H and O–H groups in total. The third-order valence-electron chi connectivity index (χ3n) is 3.27. The van der Waals surface area contributed by atoms with Crippen LogP contribution in [0.3, 0.4) is 0 Å². The normalized spacial score (nSPS) is 10.7. The smallest absolute Gasteiger partial charge is 0.200 e. The van der Waals surface area contributed by atoms with Crippen LogP contribution in [0.15, 0.2) is 48.8 Å². The summed E-state index contributed by atoms with van der Waals surface area (Å²) < 4.78 is 6.97. The van der Waals surface area contributed by atoms with Gasteiger partial charge in [-0.15, -0.1) is 0 Å². The lowest BCUT2D eigenvalue weighted by atomic mass is 10.0. The number of ether oxygens (including phenoxy) is 1. The van der Waals surface area contributed by atoms with Crippen LogP contribution in [-0.2, 0) is 0 Å². The Balaban J connectivity index is 2.15. The molecular weight excluding hydrogens is 252 g/mol. The predicted octanol–water partition coefficient (Wildman–Crippen LogP) is 2.88.